The molecule has 0 unspecified atom stereocenters. The molecule has 162 valence electrons. The summed E-state index contributed by atoms with van der Waals surface area (Å²) < 4.78 is 6.75. The molecule has 7 heteroatoms. The van der Waals surface area contributed by atoms with E-state index in [9.17, 15) is 14.4 Å². The molecule has 4 aliphatic carbocycles. The van der Waals surface area contributed by atoms with Gasteiger partial charge in [0.05, 0.1) is 11.8 Å². The van der Waals surface area contributed by atoms with Crippen LogP contribution in [0.5, 0.6) is 11.5 Å². The number of amides is 3. The normalized spacial score (nSPS) is 31.3. The van der Waals surface area contributed by atoms with Crippen LogP contribution >= 0.6 is 15.9 Å². The molecule has 6 atom stereocenters. The monoisotopic (exact) mass is 492 g/mol. The largest absolute Gasteiger partial charge is 0.457 e. The number of carbonyl (C=O) groups is 3. The lowest BCUT2D eigenvalue weighted by Crippen LogP contribution is -2.40. The Bertz CT molecular complexity index is 1110. The van der Waals surface area contributed by atoms with Gasteiger partial charge in [0.1, 0.15) is 18.0 Å². The van der Waals surface area contributed by atoms with Crippen molar-refractivity contribution in [1.29, 1.82) is 0 Å². The summed E-state index contributed by atoms with van der Waals surface area (Å²) in [6.45, 7) is -0.239. The molecule has 0 radical (unpaired) electrons. The van der Waals surface area contributed by atoms with Gasteiger partial charge in [-0.2, -0.15) is 0 Å². The fraction of sp³-hybridized carbons (Fsp3) is 0.320. The van der Waals surface area contributed by atoms with Gasteiger partial charge in [-0.25, -0.2) is 0 Å². The van der Waals surface area contributed by atoms with Gasteiger partial charge in [-0.15, -0.1) is 0 Å². The molecule has 5 aliphatic rings. The number of imide groups is 1. The van der Waals surface area contributed by atoms with E-state index in [4.69, 9.17) is 4.74 Å². The number of allylic oxidation sites excluding steroid dienone is 2. The maximum absolute atomic E-state index is 13.0. The van der Waals surface area contributed by atoms with Gasteiger partial charge in [-0.1, -0.05) is 28.1 Å². The second kappa shape index (κ2) is 7.30. The van der Waals surface area contributed by atoms with Crippen LogP contribution in [0.15, 0.2) is 65.2 Å². The third-order valence-electron chi connectivity index (χ3n) is 7.24. The molecule has 7 rings (SSSR count). The van der Waals surface area contributed by atoms with E-state index < -0.39 is 0 Å². The molecule has 2 aromatic carbocycles. The van der Waals surface area contributed by atoms with Crippen molar-refractivity contribution in [2.45, 2.75) is 6.42 Å². The Balaban J connectivity index is 1.09. The van der Waals surface area contributed by atoms with Gasteiger partial charge in [-0.3, -0.25) is 19.3 Å². The minimum absolute atomic E-state index is 0.165. The summed E-state index contributed by atoms with van der Waals surface area (Å²) in [6.07, 6.45) is 5.39. The van der Waals surface area contributed by atoms with Crippen LogP contribution in [0.4, 0.5) is 5.69 Å². The average molecular weight is 493 g/mol. The van der Waals surface area contributed by atoms with Gasteiger partial charge in [0, 0.05) is 10.2 Å². The highest BCUT2D eigenvalue weighted by Crippen LogP contribution is 2.65. The second-order valence-corrected chi connectivity index (χ2v) is 9.96. The second-order valence-electron chi connectivity index (χ2n) is 9.05. The topological polar surface area (TPSA) is 75.7 Å². The Morgan fingerprint density at radius 3 is 2.00 bits per heavy atom. The van der Waals surface area contributed by atoms with E-state index >= 15 is 0 Å². The first-order valence-electron chi connectivity index (χ1n) is 10.9. The number of rotatable bonds is 5. The molecule has 2 bridgehead atoms. The Morgan fingerprint density at radius 2 is 1.44 bits per heavy atom. The van der Waals surface area contributed by atoms with E-state index in [1.807, 2.05) is 24.3 Å². The Morgan fingerprint density at radius 1 is 0.906 bits per heavy atom. The van der Waals surface area contributed by atoms with Crippen LogP contribution in [0.25, 0.3) is 0 Å². The number of nitrogens with one attached hydrogen (secondary N) is 1. The maximum Gasteiger partial charge on any atom is 0.244 e. The first kappa shape index (κ1) is 19.7. The summed E-state index contributed by atoms with van der Waals surface area (Å²) in [5.41, 5.74) is 0.581. The lowest BCUT2D eigenvalue weighted by Gasteiger charge is -2.37. The van der Waals surface area contributed by atoms with Crippen molar-refractivity contribution >= 4 is 39.3 Å². The van der Waals surface area contributed by atoms with Gasteiger partial charge < -0.3 is 10.1 Å². The molecule has 1 saturated heterocycles. The quantitative estimate of drug-likeness (QED) is 0.500. The van der Waals surface area contributed by atoms with Crippen LogP contribution < -0.4 is 10.1 Å². The molecule has 0 spiro atoms. The van der Waals surface area contributed by atoms with Gasteiger partial charge in [0.25, 0.3) is 0 Å². The van der Waals surface area contributed by atoms with E-state index in [1.54, 1.807) is 24.3 Å². The zero-order valence-electron chi connectivity index (χ0n) is 17.1. The van der Waals surface area contributed by atoms with Crippen molar-refractivity contribution in [1.82, 2.24) is 4.90 Å². The van der Waals surface area contributed by atoms with Crippen LogP contribution in [-0.4, -0.2) is 29.2 Å². The van der Waals surface area contributed by atoms with Crippen LogP contribution in [0.3, 0.4) is 0 Å². The first-order valence-corrected chi connectivity index (χ1v) is 11.7. The highest BCUT2D eigenvalue weighted by atomic mass is 79.9. The molecule has 1 aliphatic heterocycles. The molecule has 2 aromatic rings. The third kappa shape index (κ3) is 3.18. The summed E-state index contributed by atoms with van der Waals surface area (Å²) in [6, 6.07) is 14.5. The SMILES string of the molecule is O=C(CN1C(=O)[C@@H]2[C@H]3C=C[C@H]([C@H]4C[C@H]34)[C@@H]2C1=O)Nc1ccc(Oc2ccc(Br)cc2)cc1. The van der Waals surface area contributed by atoms with Crippen molar-refractivity contribution in [2.24, 2.45) is 35.5 Å². The smallest absolute Gasteiger partial charge is 0.244 e. The van der Waals surface area contributed by atoms with Gasteiger partial charge in [0.15, 0.2) is 0 Å². The van der Waals surface area contributed by atoms with Crippen molar-refractivity contribution < 1.29 is 19.1 Å². The number of anilines is 1. The number of nitrogens with zero attached hydrogens (tertiary/aromatic N) is 1. The lowest BCUT2D eigenvalue weighted by atomic mass is 9.63. The van der Waals surface area contributed by atoms with Crippen LogP contribution in [0.1, 0.15) is 6.42 Å². The van der Waals surface area contributed by atoms with Crippen LogP contribution in [0, 0.1) is 35.5 Å². The molecule has 2 saturated carbocycles. The summed E-state index contributed by atoms with van der Waals surface area (Å²) in [5, 5.41) is 2.78. The molecule has 1 N–H and O–H groups in total. The number of carbonyl (C=O) groups excluding carboxylic acids is 3. The van der Waals surface area contributed by atoms with Crippen molar-refractivity contribution in [3.8, 4) is 11.5 Å². The predicted octanol–water partition coefficient (Wildman–Crippen LogP) is 4.23. The third-order valence-corrected chi connectivity index (χ3v) is 7.77. The standard InChI is InChI=1S/C25H21BrN2O4/c26-13-1-5-15(6-2-13)32-16-7-3-14(4-8-16)27-21(29)12-28-24(30)22-17-9-10-18(20-11-19(17)20)23(22)25(28)31/h1-10,17-20,22-23H,11-12H2,(H,27,29)/t17-,18+,19-,20-,22+,23-/m1/s1. The van der Waals surface area contributed by atoms with E-state index in [-0.39, 0.29) is 47.9 Å². The molecular weight excluding hydrogens is 472 g/mol. The molecular formula is C25H21BrN2O4. The molecule has 3 fully saturated rings. The predicted molar refractivity (Wildman–Crippen MR) is 121 cm³/mol. The van der Waals surface area contributed by atoms with E-state index in [1.165, 1.54) is 4.90 Å². The Labute approximate surface area is 193 Å². The number of benzene rings is 2. The van der Waals surface area contributed by atoms with Gasteiger partial charge in [0.2, 0.25) is 17.7 Å². The fourth-order valence-corrected chi connectivity index (χ4v) is 6.03. The highest BCUT2D eigenvalue weighted by molar-refractivity contribution is 9.10. The number of hydrogen-bond donors (Lipinski definition) is 1. The molecule has 3 amide bonds. The zero-order chi connectivity index (χ0) is 22.0. The number of hydrogen-bond acceptors (Lipinski definition) is 4. The Kier molecular flexibility index (Phi) is 4.50. The van der Waals surface area contributed by atoms with Crippen LogP contribution in [-0.2, 0) is 14.4 Å². The van der Waals surface area contributed by atoms with Gasteiger partial charge >= 0.3 is 0 Å². The van der Waals surface area contributed by atoms with Gasteiger partial charge in [-0.05, 0) is 78.6 Å². The van der Waals surface area contributed by atoms with E-state index in [0.717, 1.165) is 10.9 Å². The number of likely N-dealkylation sites (tertiary alicyclic amines) is 1. The average Bonchev–Trinajstić information content (AvgIpc) is 3.58. The molecule has 1 heterocycles. The number of halogens is 1. The first-order chi connectivity index (χ1) is 15.5. The van der Waals surface area contributed by atoms with E-state index in [0.29, 0.717) is 29.0 Å². The lowest BCUT2D eigenvalue weighted by molar-refractivity contribution is -0.142. The van der Waals surface area contributed by atoms with Crippen molar-refractivity contribution in [3.63, 3.8) is 0 Å². The molecule has 6 nitrogen and oxygen atoms in total. The summed E-state index contributed by atoms with van der Waals surface area (Å²) in [4.78, 5) is 39.8. The van der Waals surface area contributed by atoms with Crippen molar-refractivity contribution in [3.05, 3.63) is 65.2 Å². The summed E-state index contributed by atoms with van der Waals surface area (Å²) in [7, 11) is 0. The molecule has 32 heavy (non-hydrogen) atoms. The minimum Gasteiger partial charge on any atom is -0.457 e. The Hall–Kier alpha value is -2.93. The van der Waals surface area contributed by atoms with Crippen molar-refractivity contribution in [2.75, 3.05) is 11.9 Å². The minimum atomic E-state index is -0.377. The highest BCUT2D eigenvalue weighted by Gasteiger charge is 2.67. The van der Waals surface area contributed by atoms with E-state index in [2.05, 4.69) is 33.4 Å². The van der Waals surface area contributed by atoms with Crippen LogP contribution in [0.2, 0.25) is 0 Å². The summed E-state index contributed by atoms with van der Waals surface area (Å²) >= 11 is 3.39. The fourth-order valence-electron chi connectivity index (χ4n) is 5.76. The zero-order valence-corrected chi connectivity index (χ0v) is 18.7. The summed E-state index contributed by atoms with van der Waals surface area (Å²) in [5.74, 6) is 1.49. The maximum atomic E-state index is 13.0. The molecule has 0 aromatic heterocycles. The number of ether oxygens (including phenoxy) is 1.